The highest BCUT2D eigenvalue weighted by Crippen LogP contribution is 2.01. The third-order valence-electron chi connectivity index (χ3n) is 1.79. The van der Waals surface area contributed by atoms with Gasteiger partial charge in [-0.25, -0.2) is 0 Å². The maximum absolute atomic E-state index is 9.09. The fraction of sp³-hybridized carbons (Fsp3) is 0.636. The molecule has 0 aliphatic carbocycles. The zero-order valence-electron chi connectivity index (χ0n) is 8.00. The summed E-state index contributed by atoms with van der Waals surface area (Å²) < 4.78 is 0. The van der Waals surface area contributed by atoms with Crippen LogP contribution in [0.25, 0.3) is 0 Å². The van der Waals surface area contributed by atoms with E-state index in [0.29, 0.717) is 6.42 Å². The van der Waals surface area contributed by atoms with Crippen molar-refractivity contribution in [1.82, 2.24) is 0 Å². The van der Waals surface area contributed by atoms with Crippen molar-refractivity contribution in [3.8, 4) is 0 Å². The zero-order chi connectivity index (χ0) is 9.23. The summed E-state index contributed by atoms with van der Waals surface area (Å²) in [5.41, 5.74) is 0. The van der Waals surface area contributed by atoms with E-state index in [-0.39, 0.29) is 6.10 Å². The van der Waals surface area contributed by atoms with E-state index in [0.717, 1.165) is 6.42 Å². The first kappa shape index (κ1) is 11.4. The molecule has 0 unspecified atom stereocenters. The summed E-state index contributed by atoms with van der Waals surface area (Å²) in [6.45, 7) is 5.70. The Labute approximate surface area is 75.8 Å². The molecule has 0 aromatic rings. The van der Waals surface area contributed by atoms with Crippen LogP contribution in [0.15, 0.2) is 24.8 Å². The molecule has 0 amide bonds. The fourth-order valence-corrected chi connectivity index (χ4v) is 0.962. The third kappa shape index (κ3) is 7.55. The largest absolute Gasteiger partial charge is 0.389 e. The molecule has 0 aromatic carbocycles. The van der Waals surface area contributed by atoms with Crippen LogP contribution < -0.4 is 0 Å². The average molecular weight is 168 g/mol. The van der Waals surface area contributed by atoms with E-state index in [1.54, 1.807) is 6.08 Å². The lowest BCUT2D eigenvalue weighted by atomic mass is 10.1. The maximum atomic E-state index is 9.09. The minimum atomic E-state index is -0.368. The number of aliphatic hydroxyl groups is 1. The first-order valence-corrected chi connectivity index (χ1v) is 4.76. The summed E-state index contributed by atoms with van der Waals surface area (Å²) in [7, 11) is 0. The van der Waals surface area contributed by atoms with Gasteiger partial charge in [0.1, 0.15) is 0 Å². The molecule has 0 bridgehead atoms. The molecule has 0 aliphatic rings. The van der Waals surface area contributed by atoms with Crippen molar-refractivity contribution in [2.45, 2.75) is 45.1 Å². The number of unbranched alkanes of at least 4 members (excludes halogenated alkanes) is 3. The van der Waals surface area contributed by atoms with Gasteiger partial charge in [0.05, 0.1) is 6.10 Å². The molecule has 0 rings (SSSR count). The molecule has 12 heavy (non-hydrogen) atoms. The molecule has 0 heterocycles. The predicted molar refractivity (Wildman–Crippen MR) is 54.1 cm³/mol. The first-order chi connectivity index (χ1) is 5.81. The number of aliphatic hydroxyl groups excluding tert-OH is 1. The Bertz CT molecular complexity index is 127. The second-order valence-electron chi connectivity index (χ2n) is 3.01. The predicted octanol–water partition coefficient (Wildman–Crippen LogP) is 3.06. The van der Waals surface area contributed by atoms with Crippen LogP contribution in [0.3, 0.4) is 0 Å². The van der Waals surface area contributed by atoms with E-state index in [9.17, 15) is 0 Å². The van der Waals surface area contributed by atoms with Gasteiger partial charge in [0.2, 0.25) is 0 Å². The van der Waals surface area contributed by atoms with Gasteiger partial charge in [-0.15, -0.1) is 6.58 Å². The first-order valence-electron chi connectivity index (χ1n) is 4.76. The molecular formula is C11H20O. The van der Waals surface area contributed by atoms with Gasteiger partial charge in [0.25, 0.3) is 0 Å². The van der Waals surface area contributed by atoms with E-state index in [4.69, 9.17) is 5.11 Å². The molecule has 0 saturated carbocycles. The second-order valence-corrected chi connectivity index (χ2v) is 3.01. The van der Waals surface area contributed by atoms with Gasteiger partial charge < -0.3 is 5.11 Å². The zero-order valence-corrected chi connectivity index (χ0v) is 8.00. The second kappa shape index (κ2) is 8.54. The fourth-order valence-electron chi connectivity index (χ4n) is 0.962. The van der Waals surface area contributed by atoms with Crippen LogP contribution in [0.2, 0.25) is 0 Å². The lowest BCUT2D eigenvalue weighted by Crippen LogP contribution is -1.97. The number of hydrogen-bond acceptors (Lipinski definition) is 1. The van der Waals surface area contributed by atoms with Crippen LogP contribution >= 0.6 is 0 Å². The molecule has 70 valence electrons. The Morgan fingerprint density at radius 3 is 2.67 bits per heavy atom. The van der Waals surface area contributed by atoms with E-state index in [2.05, 4.69) is 19.6 Å². The highest BCUT2D eigenvalue weighted by Gasteiger charge is 1.91. The smallest absolute Gasteiger partial charge is 0.0752 e. The maximum Gasteiger partial charge on any atom is 0.0752 e. The average Bonchev–Trinajstić information content (AvgIpc) is 2.10. The SMILES string of the molecule is C=C[C@@H](O)C/C=C/CCCCC. The van der Waals surface area contributed by atoms with Crippen LogP contribution in [-0.4, -0.2) is 11.2 Å². The molecule has 0 spiro atoms. The van der Waals surface area contributed by atoms with Gasteiger partial charge in [0.15, 0.2) is 0 Å². The Morgan fingerprint density at radius 2 is 2.08 bits per heavy atom. The van der Waals surface area contributed by atoms with Crippen molar-refractivity contribution >= 4 is 0 Å². The molecule has 0 saturated heterocycles. The summed E-state index contributed by atoms with van der Waals surface area (Å²) in [4.78, 5) is 0. The van der Waals surface area contributed by atoms with Gasteiger partial charge in [-0.05, 0) is 19.3 Å². The molecular weight excluding hydrogens is 148 g/mol. The van der Waals surface area contributed by atoms with Crippen LogP contribution in [0.4, 0.5) is 0 Å². The van der Waals surface area contributed by atoms with Gasteiger partial charge in [0, 0.05) is 0 Å². The molecule has 1 nitrogen and oxygen atoms in total. The van der Waals surface area contributed by atoms with E-state index < -0.39 is 0 Å². The molecule has 0 aromatic heterocycles. The Balaban J connectivity index is 3.19. The summed E-state index contributed by atoms with van der Waals surface area (Å²) in [5.74, 6) is 0. The lowest BCUT2D eigenvalue weighted by Gasteiger charge is -1.98. The summed E-state index contributed by atoms with van der Waals surface area (Å²) >= 11 is 0. The van der Waals surface area contributed by atoms with Crippen molar-refractivity contribution in [3.63, 3.8) is 0 Å². The molecule has 0 aliphatic heterocycles. The van der Waals surface area contributed by atoms with E-state index >= 15 is 0 Å². The molecule has 1 atom stereocenters. The number of hydrogen-bond donors (Lipinski definition) is 1. The monoisotopic (exact) mass is 168 g/mol. The van der Waals surface area contributed by atoms with Gasteiger partial charge in [-0.1, -0.05) is 38.0 Å². The highest BCUT2D eigenvalue weighted by atomic mass is 16.3. The number of allylic oxidation sites excluding steroid dienone is 1. The van der Waals surface area contributed by atoms with Crippen molar-refractivity contribution in [1.29, 1.82) is 0 Å². The number of rotatable bonds is 7. The van der Waals surface area contributed by atoms with Crippen molar-refractivity contribution in [2.75, 3.05) is 0 Å². The van der Waals surface area contributed by atoms with Crippen LogP contribution in [0, 0.1) is 0 Å². The third-order valence-corrected chi connectivity index (χ3v) is 1.79. The topological polar surface area (TPSA) is 20.2 Å². The van der Waals surface area contributed by atoms with E-state index in [1.165, 1.54) is 19.3 Å². The standard InChI is InChI=1S/C11H20O/c1-3-5-6-7-8-9-10-11(12)4-2/h4,8-9,11-12H,2-3,5-7,10H2,1H3/b9-8+/t11-/m1/s1. The molecule has 0 fully saturated rings. The van der Waals surface area contributed by atoms with Crippen molar-refractivity contribution < 1.29 is 5.11 Å². The highest BCUT2D eigenvalue weighted by molar-refractivity contribution is 4.89. The Kier molecular flexibility index (Phi) is 8.14. The summed E-state index contributed by atoms with van der Waals surface area (Å²) in [6.07, 6.45) is 11.0. The van der Waals surface area contributed by atoms with E-state index in [1.807, 2.05) is 6.08 Å². The van der Waals surface area contributed by atoms with Gasteiger partial charge >= 0.3 is 0 Å². The Morgan fingerprint density at radius 1 is 1.33 bits per heavy atom. The van der Waals surface area contributed by atoms with Gasteiger partial charge in [-0.3, -0.25) is 0 Å². The minimum absolute atomic E-state index is 0.368. The minimum Gasteiger partial charge on any atom is -0.389 e. The van der Waals surface area contributed by atoms with Crippen LogP contribution in [0.5, 0.6) is 0 Å². The molecule has 1 heteroatoms. The normalized spacial score (nSPS) is 13.5. The summed E-state index contributed by atoms with van der Waals surface area (Å²) in [6, 6.07) is 0. The van der Waals surface area contributed by atoms with Gasteiger partial charge in [-0.2, -0.15) is 0 Å². The van der Waals surface area contributed by atoms with Crippen molar-refractivity contribution in [2.24, 2.45) is 0 Å². The van der Waals surface area contributed by atoms with Crippen molar-refractivity contribution in [3.05, 3.63) is 24.8 Å². The molecule has 0 radical (unpaired) electrons. The van der Waals surface area contributed by atoms with Crippen LogP contribution in [-0.2, 0) is 0 Å². The quantitative estimate of drug-likeness (QED) is 0.457. The Hall–Kier alpha value is -0.560. The van der Waals surface area contributed by atoms with Crippen LogP contribution in [0.1, 0.15) is 39.0 Å². The molecule has 1 N–H and O–H groups in total. The summed E-state index contributed by atoms with van der Waals surface area (Å²) in [5, 5.41) is 9.09. The lowest BCUT2D eigenvalue weighted by molar-refractivity contribution is 0.227.